The van der Waals surface area contributed by atoms with Crippen LogP contribution in [0.2, 0.25) is 0 Å². The van der Waals surface area contributed by atoms with Gasteiger partial charge in [0.15, 0.2) is 0 Å². The lowest BCUT2D eigenvalue weighted by atomic mass is 10.2. The number of rotatable bonds is 7. The summed E-state index contributed by atoms with van der Waals surface area (Å²) in [5.41, 5.74) is 0.597. The van der Waals surface area contributed by atoms with E-state index in [0.29, 0.717) is 11.3 Å². The topological polar surface area (TPSA) is 72.9 Å². The summed E-state index contributed by atoms with van der Waals surface area (Å²) in [6.07, 6.45) is 0. The van der Waals surface area contributed by atoms with E-state index in [4.69, 9.17) is 9.47 Å². The lowest BCUT2D eigenvalue weighted by molar-refractivity contribution is -0.143. The molecule has 0 radical (unpaired) electrons. The Morgan fingerprint density at radius 2 is 2.05 bits per heavy atom. The maximum absolute atomic E-state index is 12.1. The van der Waals surface area contributed by atoms with E-state index >= 15 is 0 Å². The molecule has 1 rings (SSSR count). The summed E-state index contributed by atoms with van der Waals surface area (Å²) in [6.45, 7) is 1.60. The van der Waals surface area contributed by atoms with Crippen LogP contribution in [0, 0.1) is 0 Å². The van der Waals surface area contributed by atoms with Gasteiger partial charge >= 0.3 is 5.97 Å². The monoisotopic (exact) mass is 301 g/mol. The van der Waals surface area contributed by atoms with Gasteiger partial charge < -0.3 is 9.47 Å². The van der Waals surface area contributed by atoms with Crippen LogP contribution in [0.15, 0.2) is 24.3 Å². The number of hydrogen-bond donors (Lipinski definition) is 0. The van der Waals surface area contributed by atoms with E-state index in [-0.39, 0.29) is 18.9 Å². The molecule has 7 heteroatoms. The first kappa shape index (κ1) is 16.5. The molecule has 1 aromatic carbocycles. The van der Waals surface area contributed by atoms with Crippen molar-refractivity contribution in [1.82, 2.24) is 4.31 Å². The summed E-state index contributed by atoms with van der Waals surface area (Å²) in [5.74, 6) is -0.171. The standard InChI is InChI=1S/C13H19NO5S/c1-4-19-13(15)9-14(2)20(16,17)10-11-6-5-7-12(8-11)18-3/h5-8H,4,9-10H2,1-3H3. The van der Waals surface area contributed by atoms with Gasteiger partial charge in [0.05, 0.1) is 19.5 Å². The highest BCUT2D eigenvalue weighted by atomic mass is 32.2. The van der Waals surface area contributed by atoms with Crippen LogP contribution in [0.25, 0.3) is 0 Å². The Bertz CT molecular complexity index is 556. The molecule has 0 aromatic heterocycles. The molecule has 0 saturated carbocycles. The van der Waals surface area contributed by atoms with Gasteiger partial charge in [-0.25, -0.2) is 8.42 Å². The first-order valence-electron chi connectivity index (χ1n) is 6.11. The summed E-state index contributed by atoms with van der Waals surface area (Å²) < 4.78 is 35.0. The van der Waals surface area contributed by atoms with E-state index < -0.39 is 16.0 Å². The number of hydrogen-bond acceptors (Lipinski definition) is 5. The number of benzene rings is 1. The second kappa shape index (κ2) is 7.25. The number of esters is 1. The molecule has 0 amide bonds. The molecule has 1 aromatic rings. The van der Waals surface area contributed by atoms with E-state index in [9.17, 15) is 13.2 Å². The van der Waals surface area contributed by atoms with Crippen molar-refractivity contribution in [3.05, 3.63) is 29.8 Å². The van der Waals surface area contributed by atoms with Crippen LogP contribution in [-0.2, 0) is 25.3 Å². The Kier molecular flexibility index (Phi) is 5.97. The number of carbonyl (C=O) groups is 1. The molecule has 20 heavy (non-hydrogen) atoms. The first-order valence-corrected chi connectivity index (χ1v) is 7.72. The van der Waals surface area contributed by atoms with E-state index in [1.165, 1.54) is 14.2 Å². The Morgan fingerprint density at radius 3 is 2.65 bits per heavy atom. The lowest BCUT2D eigenvalue weighted by Crippen LogP contribution is -2.33. The predicted octanol–water partition coefficient (Wildman–Crippen LogP) is 1.02. The van der Waals surface area contributed by atoms with Crippen molar-refractivity contribution >= 4 is 16.0 Å². The third kappa shape index (κ3) is 4.82. The van der Waals surface area contributed by atoms with Gasteiger partial charge in [0.1, 0.15) is 12.3 Å². The second-order valence-corrected chi connectivity index (χ2v) is 6.24. The highest BCUT2D eigenvalue weighted by Gasteiger charge is 2.21. The summed E-state index contributed by atoms with van der Waals surface area (Å²) in [5, 5.41) is 0. The number of methoxy groups -OCH3 is 1. The largest absolute Gasteiger partial charge is 0.497 e. The Labute approximate surface area is 119 Å². The average molecular weight is 301 g/mol. The lowest BCUT2D eigenvalue weighted by Gasteiger charge is -2.16. The van der Waals surface area contributed by atoms with Crippen molar-refractivity contribution in [2.45, 2.75) is 12.7 Å². The molecular formula is C13H19NO5S. The summed E-state index contributed by atoms with van der Waals surface area (Å²) in [6, 6.07) is 6.79. The number of nitrogens with zero attached hydrogens (tertiary/aromatic N) is 1. The van der Waals surface area contributed by atoms with E-state index in [1.54, 1.807) is 31.2 Å². The number of ether oxygens (including phenoxy) is 2. The minimum Gasteiger partial charge on any atom is -0.497 e. The molecule has 0 unspecified atom stereocenters. The van der Waals surface area contributed by atoms with Crippen LogP contribution in [0.5, 0.6) is 5.75 Å². The maximum Gasteiger partial charge on any atom is 0.321 e. The van der Waals surface area contributed by atoms with Crippen LogP contribution in [-0.4, -0.2) is 46.0 Å². The van der Waals surface area contributed by atoms with Crippen molar-refractivity contribution in [3.8, 4) is 5.75 Å². The van der Waals surface area contributed by atoms with Gasteiger partial charge in [0.2, 0.25) is 10.0 Å². The predicted molar refractivity (Wildman–Crippen MR) is 74.9 cm³/mol. The Morgan fingerprint density at radius 1 is 1.35 bits per heavy atom. The molecule has 0 aliphatic carbocycles. The van der Waals surface area contributed by atoms with Crippen molar-refractivity contribution in [2.24, 2.45) is 0 Å². The second-order valence-electron chi connectivity index (χ2n) is 4.17. The first-order chi connectivity index (χ1) is 9.39. The van der Waals surface area contributed by atoms with Crippen LogP contribution in [0.3, 0.4) is 0 Å². The molecule has 0 saturated heterocycles. The van der Waals surface area contributed by atoms with Gasteiger partial charge in [-0.15, -0.1) is 0 Å². The minimum absolute atomic E-state index is 0.194. The molecule has 6 nitrogen and oxygen atoms in total. The third-order valence-electron chi connectivity index (χ3n) is 2.62. The summed E-state index contributed by atoms with van der Waals surface area (Å²) in [4.78, 5) is 11.3. The summed E-state index contributed by atoms with van der Waals surface area (Å²) in [7, 11) is -0.707. The molecule has 112 valence electrons. The molecule has 0 aliphatic heterocycles. The molecule has 0 heterocycles. The van der Waals surface area contributed by atoms with Gasteiger partial charge in [-0.1, -0.05) is 12.1 Å². The van der Waals surface area contributed by atoms with Gasteiger partial charge in [0, 0.05) is 7.05 Å². The number of likely N-dealkylation sites (N-methyl/N-ethyl adjacent to an activating group) is 1. The molecule has 0 spiro atoms. The van der Waals surface area contributed by atoms with Crippen LogP contribution >= 0.6 is 0 Å². The zero-order chi connectivity index (χ0) is 15.2. The van der Waals surface area contributed by atoms with E-state index in [0.717, 1.165) is 4.31 Å². The smallest absolute Gasteiger partial charge is 0.321 e. The van der Waals surface area contributed by atoms with Gasteiger partial charge in [-0.2, -0.15) is 4.31 Å². The van der Waals surface area contributed by atoms with Crippen LogP contribution in [0.1, 0.15) is 12.5 Å². The summed E-state index contributed by atoms with van der Waals surface area (Å²) >= 11 is 0. The zero-order valence-corrected chi connectivity index (χ0v) is 12.6. The SMILES string of the molecule is CCOC(=O)CN(C)S(=O)(=O)Cc1cccc(OC)c1. The van der Waals surface area contributed by atoms with Gasteiger partial charge in [-0.3, -0.25) is 4.79 Å². The fourth-order valence-electron chi connectivity index (χ4n) is 1.57. The number of carbonyl (C=O) groups excluding carboxylic acids is 1. The maximum atomic E-state index is 12.1. The quantitative estimate of drug-likeness (QED) is 0.703. The van der Waals surface area contributed by atoms with E-state index in [2.05, 4.69) is 0 Å². The Hall–Kier alpha value is -1.60. The van der Waals surface area contributed by atoms with Crippen molar-refractivity contribution in [3.63, 3.8) is 0 Å². The Balaban J connectivity index is 2.75. The fourth-order valence-corrected chi connectivity index (χ4v) is 2.69. The molecular weight excluding hydrogens is 282 g/mol. The highest BCUT2D eigenvalue weighted by Crippen LogP contribution is 2.16. The fraction of sp³-hybridized carbons (Fsp3) is 0.462. The average Bonchev–Trinajstić information content (AvgIpc) is 2.38. The minimum atomic E-state index is -3.57. The molecule has 0 fully saturated rings. The molecule has 0 atom stereocenters. The zero-order valence-electron chi connectivity index (χ0n) is 11.8. The third-order valence-corrected chi connectivity index (χ3v) is 4.39. The van der Waals surface area contributed by atoms with Gasteiger partial charge in [-0.05, 0) is 24.6 Å². The molecule has 0 aliphatic rings. The van der Waals surface area contributed by atoms with Crippen molar-refractivity contribution in [2.75, 3.05) is 27.3 Å². The van der Waals surface area contributed by atoms with Crippen molar-refractivity contribution < 1.29 is 22.7 Å². The normalized spacial score (nSPS) is 11.4. The van der Waals surface area contributed by atoms with E-state index in [1.807, 2.05) is 0 Å². The van der Waals surface area contributed by atoms with Crippen LogP contribution in [0.4, 0.5) is 0 Å². The highest BCUT2D eigenvalue weighted by molar-refractivity contribution is 7.88. The van der Waals surface area contributed by atoms with Crippen molar-refractivity contribution in [1.29, 1.82) is 0 Å². The van der Waals surface area contributed by atoms with Gasteiger partial charge in [0.25, 0.3) is 0 Å². The van der Waals surface area contributed by atoms with Crippen LogP contribution < -0.4 is 4.74 Å². The number of sulfonamides is 1. The molecule has 0 N–H and O–H groups in total. The molecule has 0 bridgehead atoms.